The molecule has 5 aromatic rings. The molecule has 15 heteroatoms. The third-order valence-electron chi connectivity index (χ3n) is 9.86. The number of rotatable bonds is 7. The first-order chi connectivity index (χ1) is 23.8. The van der Waals surface area contributed by atoms with Crippen LogP contribution in [0.15, 0.2) is 42.5 Å². The number of carbonyl (C=O) groups is 1. The lowest BCUT2D eigenvalue weighted by molar-refractivity contribution is -0.0368. The molecule has 6 heterocycles. The highest BCUT2D eigenvalue weighted by Gasteiger charge is 2.50. The molecule has 3 aromatic heterocycles. The second kappa shape index (κ2) is 12.8. The molecule has 3 aliphatic rings. The van der Waals surface area contributed by atoms with Crippen molar-refractivity contribution < 1.29 is 28.2 Å². The minimum atomic E-state index is -1.43. The van der Waals surface area contributed by atoms with E-state index in [4.69, 9.17) is 36.1 Å². The van der Waals surface area contributed by atoms with Gasteiger partial charge in [-0.05, 0) is 56.2 Å². The highest BCUT2D eigenvalue weighted by atomic mass is 35.5. The van der Waals surface area contributed by atoms with Crippen LogP contribution < -0.4 is 10.2 Å². The maximum Gasteiger partial charge on any atom is 0.407 e. The summed E-state index contributed by atoms with van der Waals surface area (Å²) in [6.45, 7) is 0.126. The van der Waals surface area contributed by atoms with Crippen LogP contribution in [-0.2, 0) is 29.7 Å². The fourth-order valence-corrected chi connectivity index (χ4v) is 7.73. The molecule has 0 aliphatic carbocycles. The van der Waals surface area contributed by atoms with Gasteiger partial charge in [-0.2, -0.15) is 10.2 Å². The molecule has 0 saturated carbocycles. The number of benzene rings is 2. The summed E-state index contributed by atoms with van der Waals surface area (Å²) in [6.07, 6.45) is 1.41. The van der Waals surface area contributed by atoms with Crippen molar-refractivity contribution in [3.63, 3.8) is 0 Å². The van der Waals surface area contributed by atoms with E-state index in [9.17, 15) is 9.90 Å². The molecule has 3 aliphatic heterocycles. The quantitative estimate of drug-likeness (QED) is 0.219. The molecular formula is C34H35ClF2N8O4. The summed E-state index contributed by atoms with van der Waals surface area (Å²) >= 11 is 6.42. The van der Waals surface area contributed by atoms with E-state index in [0.717, 1.165) is 18.4 Å². The van der Waals surface area contributed by atoms with E-state index in [1.807, 2.05) is 35.2 Å². The highest BCUT2D eigenvalue weighted by Crippen LogP contribution is 2.43. The van der Waals surface area contributed by atoms with Gasteiger partial charge in [0.15, 0.2) is 17.7 Å². The van der Waals surface area contributed by atoms with Crippen LogP contribution in [0, 0.1) is 5.82 Å². The van der Waals surface area contributed by atoms with Gasteiger partial charge < -0.3 is 24.8 Å². The molecular weight excluding hydrogens is 658 g/mol. The van der Waals surface area contributed by atoms with Crippen LogP contribution in [-0.4, -0.2) is 71.6 Å². The van der Waals surface area contributed by atoms with Gasteiger partial charge in [0.1, 0.15) is 40.7 Å². The molecule has 2 bridgehead atoms. The second-order valence-corrected chi connectivity index (χ2v) is 13.2. The Morgan fingerprint density at radius 3 is 2.73 bits per heavy atom. The Balaban J connectivity index is 1.15. The van der Waals surface area contributed by atoms with Crippen molar-refractivity contribution >= 4 is 45.6 Å². The zero-order valence-electron chi connectivity index (χ0n) is 26.7. The maximum absolute atomic E-state index is 16.2. The summed E-state index contributed by atoms with van der Waals surface area (Å²) in [5.74, 6) is -0.261. The van der Waals surface area contributed by atoms with Crippen molar-refractivity contribution in [3.8, 4) is 11.3 Å². The standard InChI is InChI=1S/C34H35ClF2N8O4/c1-43-31(35)26-21(41-43)12-11-20(27(26)36)29-30-33(45(42-29)25-9-5-6-14-48-25)40-32(23(16-46)38-30)44-19-10-13-24(44)28(37)22(15-19)39-34(47)49-17-18-7-3-2-4-8-18/h2-4,7-8,11-12,19,22,24-25,28,46H,5-6,9-10,13-17H2,1H3,(H,39,47)/t19-,22-,24+,25?,28-/m0/s1. The summed E-state index contributed by atoms with van der Waals surface area (Å²) in [7, 11) is 1.64. The van der Waals surface area contributed by atoms with Crippen LogP contribution in [0.4, 0.5) is 19.4 Å². The Morgan fingerprint density at radius 1 is 1.12 bits per heavy atom. The number of anilines is 1. The number of hydrogen-bond donors (Lipinski definition) is 2. The smallest absolute Gasteiger partial charge is 0.407 e. The van der Waals surface area contributed by atoms with Gasteiger partial charge in [-0.25, -0.2) is 28.2 Å². The number of alkyl halides is 1. The molecule has 2 N–H and O–H groups in total. The predicted molar refractivity (Wildman–Crippen MR) is 177 cm³/mol. The topological polar surface area (TPSA) is 132 Å². The Hall–Kier alpha value is -4.40. The Bertz CT molecular complexity index is 2040. The number of aliphatic hydroxyl groups is 1. The van der Waals surface area contributed by atoms with Crippen molar-refractivity contribution in [1.29, 1.82) is 0 Å². The largest absolute Gasteiger partial charge is 0.445 e. The summed E-state index contributed by atoms with van der Waals surface area (Å²) in [4.78, 5) is 24.4. The van der Waals surface area contributed by atoms with Gasteiger partial charge in [0.05, 0.1) is 29.6 Å². The zero-order valence-corrected chi connectivity index (χ0v) is 27.5. The Morgan fingerprint density at radius 2 is 1.96 bits per heavy atom. The van der Waals surface area contributed by atoms with Crippen LogP contribution >= 0.6 is 11.6 Å². The normalized spacial score (nSPS) is 23.8. The molecule has 2 aromatic carbocycles. The molecule has 1 unspecified atom stereocenters. The number of hydrogen-bond acceptors (Lipinski definition) is 9. The first kappa shape index (κ1) is 31.8. The van der Waals surface area contributed by atoms with Crippen LogP contribution in [0.2, 0.25) is 5.15 Å². The average Bonchev–Trinajstić information content (AvgIpc) is 3.76. The van der Waals surface area contributed by atoms with E-state index >= 15 is 8.78 Å². The number of ether oxygens (including phenoxy) is 2. The van der Waals surface area contributed by atoms with Gasteiger partial charge in [-0.15, -0.1) is 0 Å². The number of nitrogens with one attached hydrogen (secondary N) is 1. The van der Waals surface area contributed by atoms with Crippen molar-refractivity contribution in [2.75, 3.05) is 11.5 Å². The lowest BCUT2D eigenvalue weighted by Crippen LogP contribution is -2.58. The number of alkyl carbamates (subject to hydrolysis) is 1. The fraction of sp³-hybridized carbons (Fsp3) is 0.441. The minimum absolute atomic E-state index is 0.0816. The van der Waals surface area contributed by atoms with E-state index in [-0.39, 0.29) is 45.7 Å². The molecule has 3 saturated heterocycles. The summed E-state index contributed by atoms with van der Waals surface area (Å²) in [5.41, 5.74) is 2.45. The number of aliphatic hydroxyl groups excluding tert-OH is 1. The molecule has 3 fully saturated rings. The summed E-state index contributed by atoms with van der Waals surface area (Å²) < 4.78 is 46.9. The lowest BCUT2D eigenvalue weighted by Gasteiger charge is -2.42. The van der Waals surface area contributed by atoms with Gasteiger partial charge in [0, 0.05) is 25.3 Å². The van der Waals surface area contributed by atoms with Crippen molar-refractivity contribution in [1.82, 2.24) is 34.8 Å². The molecule has 49 heavy (non-hydrogen) atoms. The van der Waals surface area contributed by atoms with Crippen LogP contribution in [0.5, 0.6) is 0 Å². The number of aryl methyl sites for hydroxylation is 1. The van der Waals surface area contributed by atoms with Crippen molar-refractivity contribution in [2.24, 2.45) is 7.05 Å². The molecule has 0 spiro atoms. The Labute approximate surface area is 285 Å². The molecule has 12 nitrogen and oxygen atoms in total. The first-order valence-electron chi connectivity index (χ1n) is 16.5. The number of piperidine rings is 1. The van der Waals surface area contributed by atoms with Crippen LogP contribution in [0.25, 0.3) is 33.3 Å². The summed E-state index contributed by atoms with van der Waals surface area (Å²) in [5, 5.41) is 22.7. The molecule has 256 valence electrons. The van der Waals surface area contributed by atoms with E-state index in [1.165, 1.54) is 4.68 Å². The monoisotopic (exact) mass is 692 g/mol. The molecule has 8 rings (SSSR count). The zero-order chi connectivity index (χ0) is 33.8. The molecule has 5 atom stereocenters. The number of carbonyl (C=O) groups excluding carboxylic acids is 1. The summed E-state index contributed by atoms with van der Waals surface area (Å²) in [6, 6.07) is 11.0. The van der Waals surface area contributed by atoms with Gasteiger partial charge in [0.25, 0.3) is 0 Å². The number of fused-ring (bicyclic) bond motifs is 4. The van der Waals surface area contributed by atoms with Gasteiger partial charge >= 0.3 is 6.09 Å². The second-order valence-electron chi connectivity index (χ2n) is 12.9. The van der Waals surface area contributed by atoms with Crippen LogP contribution in [0.1, 0.15) is 56.0 Å². The highest BCUT2D eigenvalue weighted by molar-refractivity contribution is 6.34. The van der Waals surface area contributed by atoms with Gasteiger partial charge in [-0.3, -0.25) is 4.68 Å². The minimum Gasteiger partial charge on any atom is -0.445 e. The number of halogens is 3. The van der Waals surface area contributed by atoms with E-state index < -0.39 is 43.0 Å². The maximum atomic E-state index is 16.2. The van der Waals surface area contributed by atoms with Gasteiger partial charge in [0.2, 0.25) is 0 Å². The fourth-order valence-electron chi connectivity index (χ4n) is 7.51. The van der Waals surface area contributed by atoms with E-state index in [0.29, 0.717) is 49.3 Å². The number of nitrogens with zero attached hydrogens (tertiary/aromatic N) is 7. The van der Waals surface area contributed by atoms with Crippen molar-refractivity contribution in [3.05, 3.63) is 64.7 Å². The average molecular weight is 693 g/mol. The molecule has 1 amide bonds. The third-order valence-corrected chi connectivity index (χ3v) is 10.3. The predicted octanol–water partition coefficient (Wildman–Crippen LogP) is 5.74. The Kier molecular flexibility index (Phi) is 8.32. The molecule has 0 radical (unpaired) electrons. The third kappa shape index (κ3) is 5.55. The lowest BCUT2D eigenvalue weighted by atomic mass is 9.95. The SMILES string of the molecule is Cn1nc2ccc(-c3nn(C4CCCCO4)c4nc(N5[C@H]6CC[C@@H]5[C@@H](F)[C@@H](NC(=O)OCc5ccccc5)C6)c(CO)nc34)c(F)c2c1Cl. The number of aromatic nitrogens is 6. The van der Waals surface area contributed by atoms with E-state index in [2.05, 4.69) is 10.4 Å². The van der Waals surface area contributed by atoms with Crippen molar-refractivity contribution in [2.45, 2.75) is 82.3 Å². The van der Waals surface area contributed by atoms with Crippen LogP contribution in [0.3, 0.4) is 0 Å². The number of amides is 1. The first-order valence-corrected chi connectivity index (χ1v) is 16.9. The van der Waals surface area contributed by atoms with Gasteiger partial charge in [-0.1, -0.05) is 41.9 Å². The van der Waals surface area contributed by atoms with E-state index in [1.54, 1.807) is 23.9 Å².